The van der Waals surface area contributed by atoms with Crippen molar-refractivity contribution >= 4 is 11.6 Å². The van der Waals surface area contributed by atoms with E-state index in [9.17, 15) is 9.59 Å². The summed E-state index contributed by atoms with van der Waals surface area (Å²) in [5.74, 6) is -0.289. The highest BCUT2D eigenvalue weighted by atomic mass is 16.2. The van der Waals surface area contributed by atoms with Crippen LogP contribution in [0.3, 0.4) is 0 Å². The second-order valence-electron chi connectivity index (χ2n) is 6.45. The normalized spacial score (nSPS) is 10.6. The molecule has 0 saturated carbocycles. The lowest BCUT2D eigenvalue weighted by molar-refractivity contribution is -0.117. The van der Waals surface area contributed by atoms with Crippen LogP contribution in [0.15, 0.2) is 59.4 Å². The quantitative estimate of drug-likeness (QED) is 0.786. The Labute approximate surface area is 152 Å². The molecule has 0 aliphatic rings. The summed E-state index contributed by atoms with van der Waals surface area (Å²) in [6.07, 6.45) is 0. The van der Waals surface area contributed by atoms with Crippen molar-refractivity contribution in [2.75, 3.05) is 5.32 Å². The molecule has 0 aliphatic heterocycles. The highest BCUT2D eigenvalue weighted by molar-refractivity contribution is 5.90. The number of aryl methyl sites for hydroxylation is 3. The van der Waals surface area contributed by atoms with Crippen LogP contribution in [0.4, 0.5) is 5.69 Å². The average molecular weight is 347 g/mol. The van der Waals surface area contributed by atoms with Gasteiger partial charge in [0.15, 0.2) is 0 Å². The Morgan fingerprint density at radius 3 is 2.54 bits per heavy atom. The Morgan fingerprint density at radius 1 is 1.00 bits per heavy atom. The van der Waals surface area contributed by atoms with Crippen molar-refractivity contribution in [2.45, 2.75) is 27.3 Å². The molecule has 26 heavy (non-hydrogen) atoms. The van der Waals surface area contributed by atoms with E-state index in [4.69, 9.17) is 0 Å². The summed E-state index contributed by atoms with van der Waals surface area (Å²) < 4.78 is 1.20. The number of nitrogens with zero attached hydrogens (tertiary/aromatic N) is 2. The van der Waals surface area contributed by atoms with Gasteiger partial charge < -0.3 is 5.32 Å². The predicted molar refractivity (Wildman–Crippen MR) is 103 cm³/mol. The van der Waals surface area contributed by atoms with E-state index < -0.39 is 0 Å². The van der Waals surface area contributed by atoms with Crippen LogP contribution in [0.5, 0.6) is 0 Å². The first kappa shape index (κ1) is 17.6. The lowest BCUT2D eigenvalue weighted by Crippen LogP contribution is -2.29. The van der Waals surface area contributed by atoms with Crippen LogP contribution < -0.4 is 10.9 Å². The second kappa shape index (κ2) is 7.35. The van der Waals surface area contributed by atoms with Crippen molar-refractivity contribution in [3.63, 3.8) is 0 Å². The van der Waals surface area contributed by atoms with Gasteiger partial charge in [0.25, 0.3) is 5.56 Å². The van der Waals surface area contributed by atoms with Gasteiger partial charge in [-0.3, -0.25) is 9.59 Å². The van der Waals surface area contributed by atoms with Gasteiger partial charge in [0.1, 0.15) is 6.54 Å². The molecule has 0 bridgehead atoms. The van der Waals surface area contributed by atoms with Gasteiger partial charge >= 0.3 is 0 Å². The van der Waals surface area contributed by atoms with E-state index in [2.05, 4.69) is 10.4 Å². The van der Waals surface area contributed by atoms with E-state index in [-0.39, 0.29) is 18.0 Å². The first-order valence-corrected chi connectivity index (χ1v) is 8.45. The number of rotatable bonds is 4. The lowest BCUT2D eigenvalue weighted by Gasteiger charge is -2.10. The Bertz CT molecular complexity index is 1020. The van der Waals surface area contributed by atoms with Crippen LogP contribution in [0.1, 0.15) is 16.7 Å². The molecule has 5 heteroatoms. The smallest absolute Gasteiger partial charge is 0.267 e. The Hall–Kier alpha value is -3.21. The summed E-state index contributed by atoms with van der Waals surface area (Å²) in [6.45, 7) is 5.82. The zero-order valence-corrected chi connectivity index (χ0v) is 15.1. The molecule has 1 N–H and O–H groups in total. The summed E-state index contributed by atoms with van der Waals surface area (Å²) in [7, 11) is 0. The third-order valence-electron chi connectivity index (χ3n) is 4.13. The molecule has 0 unspecified atom stereocenters. The standard InChI is InChI=1S/C21H21N3O2/c1-14-5-4-6-17(11-14)22-20(25)13-24-21(26)10-9-19(23-24)18-12-15(2)7-8-16(18)3/h4-12H,13H2,1-3H3,(H,22,25). The minimum Gasteiger partial charge on any atom is -0.324 e. The summed E-state index contributed by atoms with van der Waals surface area (Å²) in [4.78, 5) is 24.4. The number of carbonyl (C=O) groups excluding carboxylic acids is 1. The molecular formula is C21H21N3O2. The van der Waals surface area contributed by atoms with Crippen molar-refractivity contribution < 1.29 is 4.79 Å². The number of benzene rings is 2. The van der Waals surface area contributed by atoms with Gasteiger partial charge in [0.2, 0.25) is 5.91 Å². The summed E-state index contributed by atoms with van der Waals surface area (Å²) in [5.41, 5.74) is 5.26. The molecule has 132 valence electrons. The SMILES string of the molecule is Cc1cccc(NC(=O)Cn2nc(-c3cc(C)ccc3C)ccc2=O)c1. The molecule has 0 saturated heterocycles. The molecule has 0 spiro atoms. The number of amides is 1. The average Bonchev–Trinajstić information content (AvgIpc) is 2.59. The minimum absolute atomic E-state index is 0.133. The van der Waals surface area contributed by atoms with E-state index >= 15 is 0 Å². The zero-order chi connectivity index (χ0) is 18.7. The molecule has 1 aromatic heterocycles. The fraction of sp³-hybridized carbons (Fsp3) is 0.190. The molecule has 2 aromatic carbocycles. The van der Waals surface area contributed by atoms with Crippen molar-refractivity contribution in [1.29, 1.82) is 0 Å². The summed E-state index contributed by atoms with van der Waals surface area (Å²) in [5, 5.41) is 7.19. The first-order chi connectivity index (χ1) is 12.4. The number of carbonyl (C=O) groups is 1. The van der Waals surface area contributed by atoms with E-state index in [1.165, 1.54) is 10.7 Å². The van der Waals surface area contributed by atoms with Crippen LogP contribution in [0.25, 0.3) is 11.3 Å². The number of hydrogen-bond donors (Lipinski definition) is 1. The molecule has 3 aromatic rings. The Kier molecular flexibility index (Phi) is 4.98. The van der Waals surface area contributed by atoms with E-state index in [1.807, 2.05) is 63.2 Å². The molecule has 5 nitrogen and oxygen atoms in total. The highest BCUT2D eigenvalue weighted by Crippen LogP contribution is 2.21. The minimum atomic E-state index is -0.307. The maximum absolute atomic E-state index is 12.3. The Balaban J connectivity index is 1.85. The van der Waals surface area contributed by atoms with Gasteiger partial charge in [-0.25, -0.2) is 4.68 Å². The van der Waals surface area contributed by atoms with Gasteiger partial charge in [0.05, 0.1) is 5.69 Å². The fourth-order valence-electron chi connectivity index (χ4n) is 2.78. The van der Waals surface area contributed by atoms with E-state index in [1.54, 1.807) is 6.07 Å². The van der Waals surface area contributed by atoms with E-state index in [0.29, 0.717) is 11.4 Å². The van der Waals surface area contributed by atoms with Crippen molar-refractivity contribution in [3.05, 3.63) is 81.6 Å². The third-order valence-corrected chi connectivity index (χ3v) is 4.13. The van der Waals surface area contributed by atoms with Crippen molar-refractivity contribution in [1.82, 2.24) is 9.78 Å². The van der Waals surface area contributed by atoms with Gasteiger partial charge in [-0.05, 0) is 56.2 Å². The molecule has 3 rings (SSSR count). The second-order valence-corrected chi connectivity index (χ2v) is 6.45. The fourth-order valence-corrected chi connectivity index (χ4v) is 2.78. The van der Waals surface area contributed by atoms with Gasteiger partial charge in [-0.15, -0.1) is 0 Å². The first-order valence-electron chi connectivity index (χ1n) is 8.45. The van der Waals surface area contributed by atoms with E-state index in [0.717, 1.165) is 22.3 Å². The topological polar surface area (TPSA) is 64.0 Å². The van der Waals surface area contributed by atoms with Crippen LogP contribution in [-0.4, -0.2) is 15.7 Å². The van der Waals surface area contributed by atoms with Crippen molar-refractivity contribution in [3.8, 4) is 11.3 Å². The number of aromatic nitrogens is 2. The van der Waals surface area contributed by atoms with Gasteiger partial charge in [0, 0.05) is 17.3 Å². The molecule has 0 atom stereocenters. The summed E-state index contributed by atoms with van der Waals surface area (Å²) >= 11 is 0. The number of hydrogen-bond acceptors (Lipinski definition) is 3. The predicted octanol–water partition coefficient (Wildman–Crippen LogP) is 3.47. The van der Waals surface area contributed by atoms with Crippen LogP contribution in [0, 0.1) is 20.8 Å². The maximum atomic E-state index is 12.3. The largest absolute Gasteiger partial charge is 0.324 e. The van der Waals surface area contributed by atoms with Crippen molar-refractivity contribution in [2.24, 2.45) is 0 Å². The molecule has 0 radical (unpaired) electrons. The third kappa shape index (κ3) is 4.06. The van der Waals surface area contributed by atoms with Crippen LogP contribution >= 0.6 is 0 Å². The molecular weight excluding hydrogens is 326 g/mol. The highest BCUT2D eigenvalue weighted by Gasteiger charge is 2.10. The molecule has 1 heterocycles. The lowest BCUT2D eigenvalue weighted by atomic mass is 10.0. The van der Waals surface area contributed by atoms with Gasteiger partial charge in [-0.1, -0.05) is 29.8 Å². The monoisotopic (exact) mass is 347 g/mol. The van der Waals surface area contributed by atoms with Gasteiger partial charge in [-0.2, -0.15) is 5.10 Å². The zero-order valence-electron chi connectivity index (χ0n) is 15.1. The summed E-state index contributed by atoms with van der Waals surface area (Å²) in [6, 6.07) is 16.7. The maximum Gasteiger partial charge on any atom is 0.267 e. The molecule has 1 amide bonds. The van der Waals surface area contributed by atoms with Crippen LogP contribution in [0.2, 0.25) is 0 Å². The molecule has 0 fully saturated rings. The number of nitrogens with one attached hydrogen (secondary N) is 1. The van der Waals surface area contributed by atoms with Crippen LogP contribution in [-0.2, 0) is 11.3 Å². The Morgan fingerprint density at radius 2 is 1.77 bits per heavy atom. The number of anilines is 1. The molecule has 0 aliphatic carbocycles.